The molecule has 0 aliphatic rings. The quantitative estimate of drug-likeness (QED) is 0.631. The first-order valence-corrected chi connectivity index (χ1v) is 9.89. The second-order valence-corrected chi connectivity index (χ2v) is 7.46. The number of hydrogen-bond acceptors (Lipinski definition) is 4. The molecule has 0 saturated heterocycles. The third-order valence-electron chi connectivity index (χ3n) is 4.41. The molecule has 0 spiro atoms. The second kappa shape index (κ2) is 8.82. The Hall–Kier alpha value is -2.66. The minimum atomic E-state index is 0.0223. The van der Waals surface area contributed by atoms with Crippen LogP contribution < -0.4 is 10.1 Å². The molecule has 0 aliphatic carbocycles. The summed E-state index contributed by atoms with van der Waals surface area (Å²) >= 11 is 1.64. The number of nitrogens with one attached hydrogen (secondary N) is 1. The molecule has 3 rings (SSSR count). The molecular formula is C22H24N2O2S. The summed E-state index contributed by atoms with van der Waals surface area (Å²) in [6.45, 7) is 3.59. The van der Waals surface area contributed by atoms with Gasteiger partial charge in [-0.3, -0.25) is 4.79 Å². The minimum Gasteiger partial charge on any atom is -0.497 e. The maximum atomic E-state index is 11.1. The zero-order valence-corrected chi connectivity index (χ0v) is 16.7. The molecular weight excluding hydrogens is 356 g/mol. The van der Waals surface area contributed by atoms with Crippen LogP contribution in [-0.4, -0.2) is 24.0 Å². The monoisotopic (exact) mass is 380 g/mol. The van der Waals surface area contributed by atoms with E-state index in [1.165, 1.54) is 5.56 Å². The second-order valence-electron chi connectivity index (χ2n) is 6.60. The van der Waals surface area contributed by atoms with Crippen molar-refractivity contribution in [3.8, 4) is 27.6 Å². The smallest absolute Gasteiger partial charge is 0.217 e. The van der Waals surface area contributed by atoms with E-state index in [0.29, 0.717) is 0 Å². The molecule has 27 heavy (non-hydrogen) atoms. The van der Waals surface area contributed by atoms with Crippen molar-refractivity contribution in [3.05, 3.63) is 59.5 Å². The summed E-state index contributed by atoms with van der Waals surface area (Å²) in [5.41, 5.74) is 4.46. The van der Waals surface area contributed by atoms with E-state index >= 15 is 0 Å². The average molecular weight is 381 g/mol. The van der Waals surface area contributed by atoms with Gasteiger partial charge in [-0.05, 0) is 49.6 Å². The highest BCUT2D eigenvalue weighted by Gasteiger charge is 2.08. The van der Waals surface area contributed by atoms with E-state index in [1.807, 2.05) is 31.2 Å². The lowest BCUT2D eigenvalue weighted by Gasteiger charge is -2.12. The van der Waals surface area contributed by atoms with Crippen LogP contribution >= 0.6 is 11.3 Å². The number of rotatable bonds is 7. The predicted molar refractivity (Wildman–Crippen MR) is 111 cm³/mol. The van der Waals surface area contributed by atoms with Crippen LogP contribution in [0.3, 0.4) is 0 Å². The molecule has 5 heteroatoms. The maximum Gasteiger partial charge on any atom is 0.217 e. The molecule has 1 atom stereocenters. The third kappa shape index (κ3) is 5.17. The zero-order valence-electron chi connectivity index (χ0n) is 15.9. The van der Waals surface area contributed by atoms with E-state index in [4.69, 9.17) is 9.72 Å². The first-order valence-electron chi connectivity index (χ1n) is 9.01. The van der Waals surface area contributed by atoms with Crippen LogP contribution in [-0.2, 0) is 11.2 Å². The normalized spacial score (nSPS) is 11.8. The number of ether oxygens (including phenoxy) is 1. The van der Waals surface area contributed by atoms with Crippen molar-refractivity contribution < 1.29 is 9.53 Å². The van der Waals surface area contributed by atoms with Crippen molar-refractivity contribution in [1.82, 2.24) is 10.3 Å². The molecule has 0 bridgehead atoms. The Labute approximate surface area is 164 Å². The number of aryl methyl sites for hydroxylation is 1. The van der Waals surface area contributed by atoms with E-state index in [-0.39, 0.29) is 11.9 Å². The van der Waals surface area contributed by atoms with Gasteiger partial charge in [-0.15, -0.1) is 11.3 Å². The van der Waals surface area contributed by atoms with E-state index in [2.05, 4.69) is 35.0 Å². The molecule has 1 amide bonds. The van der Waals surface area contributed by atoms with Gasteiger partial charge in [0.2, 0.25) is 5.91 Å². The number of nitrogens with zero attached hydrogens (tertiary/aromatic N) is 1. The fourth-order valence-electron chi connectivity index (χ4n) is 2.92. The van der Waals surface area contributed by atoms with Gasteiger partial charge in [0.05, 0.1) is 12.8 Å². The van der Waals surface area contributed by atoms with Crippen molar-refractivity contribution in [2.75, 3.05) is 7.11 Å². The Bertz CT molecular complexity index is 885. The van der Waals surface area contributed by atoms with Gasteiger partial charge in [0.25, 0.3) is 0 Å². The van der Waals surface area contributed by atoms with Crippen molar-refractivity contribution in [2.45, 2.75) is 32.7 Å². The first-order chi connectivity index (χ1) is 13.0. The number of aromatic nitrogens is 1. The largest absolute Gasteiger partial charge is 0.497 e. The Morgan fingerprint density at radius 1 is 1.11 bits per heavy atom. The summed E-state index contributed by atoms with van der Waals surface area (Å²) < 4.78 is 5.21. The van der Waals surface area contributed by atoms with Crippen LogP contribution in [0.2, 0.25) is 0 Å². The number of methoxy groups -OCH3 is 1. The molecule has 140 valence electrons. The van der Waals surface area contributed by atoms with Gasteiger partial charge in [0.15, 0.2) is 0 Å². The lowest BCUT2D eigenvalue weighted by atomic mass is 10.0. The van der Waals surface area contributed by atoms with Crippen LogP contribution in [0, 0.1) is 0 Å². The van der Waals surface area contributed by atoms with E-state index in [9.17, 15) is 4.79 Å². The average Bonchev–Trinajstić information content (AvgIpc) is 3.16. The highest BCUT2D eigenvalue weighted by molar-refractivity contribution is 7.13. The predicted octanol–water partition coefficient (Wildman–Crippen LogP) is 4.94. The van der Waals surface area contributed by atoms with Gasteiger partial charge < -0.3 is 10.1 Å². The molecule has 2 aromatic carbocycles. The van der Waals surface area contributed by atoms with Gasteiger partial charge >= 0.3 is 0 Å². The van der Waals surface area contributed by atoms with Crippen LogP contribution in [0.15, 0.2) is 53.9 Å². The topological polar surface area (TPSA) is 51.2 Å². The molecule has 0 fully saturated rings. The van der Waals surface area contributed by atoms with Crippen LogP contribution in [0.4, 0.5) is 0 Å². The van der Waals surface area contributed by atoms with Gasteiger partial charge in [0, 0.05) is 29.5 Å². The van der Waals surface area contributed by atoms with Gasteiger partial charge in [-0.25, -0.2) is 4.98 Å². The lowest BCUT2D eigenvalue weighted by molar-refractivity contribution is -0.119. The highest BCUT2D eigenvalue weighted by atomic mass is 32.1. The SMILES string of the molecule is COc1ccc(-c2nc(-c3ccc(CC[C@@H](C)NC(C)=O)cc3)cs2)cc1. The molecule has 0 radical (unpaired) electrons. The number of thiazole rings is 1. The van der Waals surface area contributed by atoms with E-state index in [0.717, 1.165) is 40.4 Å². The molecule has 1 heterocycles. The summed E-state index contributed by atoms with van der Waals surface area (Å²) in [5.74, 6) is 0.869. The van der Waals surface area contributed by atoms with Gasteiger partial charge in [0.1, 0.15) is 10.8 Å². The Morgan fingerprint density at radius 2 is 1.78 bits per heavy atom. The highest BCUT2D eigenvalue weighted by Crippen LogP contribution is 2.30. The molecule has 0 aliphatic heterocycles. The minimum absolute atomic E-state index is 0.0223. The van der Waals surface area contributed by atoms with Gasteiger partial charge in [-0.2, -0.15) is 0 Å². The molecule has 0 unspecified atom stereocenters. The number of carbonyl (C=O) groups excluding carboxylic acids is 1. The van der Waals surface area contributed by atoms with Crippen LogP contribution in [0.25, 0.3) is 21.8 Å². The Kier molecular flexibility index (Phi) is 6.24. The number of amides is 1. The zero-order chi connectivity index (χ0) is 19.2. The number of benzene rings is 2. The van der Waals surface area contributed by atoms with E-state index in [1.54, 1.807) is 25.4 Å². The fourth-order valence-corrected chi connectivity index (χ4v) is 3.75. The summed E-state index contributed by atoms with van der Waals surface area (Å²) in [4.78, 5) is 15.9. The number of hydrogen-bond donors (Lipinski definition) is 1. The Balaban J connectivity index is 1.65. The molecule has 4 nitrogen and oxygen atoms in total. The van der Waals surface area contributed by atoms with Gasteiger partial charge in [-0.1, -0.05) is 24.3 Å². The lowest BCUT2D eigenvalue weighted by Crippen LogP contribution is -2.30. The summed E-state index contributed by atoms with van der Waals surface area (Å²) in [6, 6.07) is 16.7. The molecule has 1 aromatic heterocycles. The van der Waals surface area contributed by atoms with E-state index < -0.39 is 0 Å². The van der Waals surface area contributed by atoms with Crippen molar-refractivity contribution in [1.29, 1.82) is 0 Å². The molecule has 0 saturated carbocycles. The molecule has 3 aromatic rings. The Morgan fingerprint density at radius 3 is 2.41 bits per heavy atom. The van der Waals surface area contributed by atoms with Crippen molar-refractivity contribution >= 4 is 17.2 Å². The van der Waals surface area contributed by atoms with Crippen molar-refractivity contribution in [3.63, 3.8) is 0 Å². The summed E-state index contributed by atoms with van der Waals surface area (Å²) in [7, 11) is 1.67. The summed E-state index contributed by atoms with van der Waals surface area (Å²) in [5, 5.41) is 6.01. The summed E-state index contributed by atoms with van der Waals surface area (Å²) in [6.07, 6.45) is 1.87. The van der Waals surface area contributed by atoms with Crippen LogP contribution in [0.5, 0.6) is 5.75 Å². The van der Waals surface area contributed by atoms with Crippen LogP contribution in [0.1, 0.15) is 25.8 Å². The fraction of sp³-hybridized carbons (Fsp3) is 0.273. The third-order valence-corrected chi connectivity index (χ3v) is 5.30. The molecule has 1 N–H and O–H groups in total. The maximum absolute atomic E-state index is 11.1. The standard InChI is InChI=1S/C22H24N2O2S/c1-15(23-16(2)25)4-5-17-6-8-18(9-7-17)21-14-27-22(24-21)19-10-12-20(26-3)13-11-19/h6-15H,4-5H2,1-3H3,(H,23,25)/t15-/m1/s1. The number of carbonyl (C=O) groups is 1. The van der Waals surface area contributed by atoms with Crippen molar-refractivity contribution in [2.24, 2.45) is 0 Å². The first kappa shape index (κ1) is 19.1.